The van der Waals surface area contributed by atoms with Crippen molar-refractivity contribution in [3.8, 4) is 0 Å². The standard InChI is InChI=1S/C27H27ClFN5O2/c28-22-7-4-8-23(29)26(22)27(36)34-15-20-13-32(14-21(20)16-34)11-9-24(19-5-2-1-3-6-19)31-25(35)17-33-12-10-30-18-33/h1-8,10,12,15,18,21,24H,9,11,13-14,16-17H2,(H,31,35)/t21?,24-/m0/s1. The Morgan fingerprint density at radius 2 is 1.97 bits per heavy atom. The molecular weight excluding hydrogens is 481 g/mol. The van der Waals surface area contributed by atoms with E-state index in [0.717, 1.165) is 37.2 Å². The predicted molar refractivity (Wildman–Crippen MR) is 135 cm³/mol. The maximum absolute atomic E-state index is 14.2. The molecule has 1 unspecified atom stereocenters. The lowest BCUT2D eigenvalue weighted by Crippen LogP contribution is -2.35. The van der Waals surface area contributed by atoms with Crippen LogP contribution in [0.15, 0.2) is 79.0 Å². The van der Waals surface area contributed by atoms with Gasteiger partial charge in [-0.3, -0.25) is 14.5 Å². The van der Waals surface area contributed by atoms with E-state index < -0.39 is 11.7 Å². The Morgan fingerprint density at radius 1 is 1.14 bits per heavy atom. The average Bonchev–Trinajstić information content (AvgIpc) is 3.59. The van der Waals surface area contributed by atoms with E-state index in [1.54, 1.807) is 28.2 Å². The van der Waals surface area contributed by atoms with Gasteiger partial charge in [-0.05, 0) is 29.7 Å². The van der Waals surface area contributed by atoms with Crippen molar-refractivity contribution in [1.82, 2.24) is 24.7 Å². The van der Waals surface area contributed by atoms with Crippen LogP contribution in [0.25, 0.3) is 0 Å². The van der Waals surface area contributed by atoms with Gasteiger partial charge in [-0.2, -0.15) is 0 Å². The maximum atomic E-state index is 14.2. The van der Waals surface area contributed by atoms with Crippen molar-refractivity contribution in [2.45, 2.75) is 19.0 Å². The minimum Gasteiger partial charge on any atom is -0.348 e. The topological polar surface area (TPSA) is 70.5 Å². The lowest BCUT2D eigenvalue weighted by molar-refractivity contribution is -0.122. The maximum Gasteiger partial charge on any atom is 0.262 e. The predicted octanol–water partition coefficient (Wildman–Crippen LogP) is 3.89. The highest BCUT2D eigenvalue weighted by atomic mass is 35.5. The van der Waals surface area contributed by atoms with Gasteiger partial charge in [-0.25, -0.2) is 9.37 Å². The van der Waals surface area contributed by atoms with Crippen LogP contribution in [0.5, 0.6) is 0 Å². The Bertz CT molecular complexity index is 1240. The molecule has 1 fully saturated rings. The Balaban J connectivity index is 1.20. The average molecular weight is 508 g/mol. The second kappa shape index (κ2) is 10.6. The van der Waals surface area contributed by atoms with Gasteiger partial charge in [0.1, 0.15) is 12.4 Å². The third kappa shape index (κ3) is 5.34. The number of rotatable bonds is 8. The van der Waals surface area contributed by atoms with E-state index in [1.165, 1.54) is 18.2 Å². The van der Waals surface area contributed by atoms with Crippen LogP contribution in [-0.2, 0) is 11.3 Å². The summed E-state index contributed by atoms with van der Waals surface area (Å²) in [5, 5.41) is 3.29. The van der Waals surface area contributed by atoms with E-state index in [9.17, 15) is 14.0 Å². The first kappa shape index (κ1) is 24.2. The number of nitrogens with zero attached hydrogens (tertiary/aromatic N) is 4. The SMILES string of the molecule is O=C(Cn1ccnc1)N[C@@H](CCN1CC2=CN(C(=O)c3c(F)cccc3Cl)CC2C1)c1ccccc1. The highest BCUT2D eigenvalue weighted by Crippen LogP contribution is 2.32. The third-order valence-corrected chi connectivity index (χ3v) is 7.06. The van der Waals surface area contributed by atoms with Crippen molar-refractivity contribution >= 4 is 23.4 Å². The van der Waals surface area contributed by atoms with Crippen molar-refractivity contribution in [2.24, 2.45) is 5.92 Å². The molecule has 0 bridgehead atoms. The summed E-state index contributed by atoms with van der Waals surface area (Å²) in [5.41, 5.74) is 2.15. The molecule has 2 atom stereocenters. The molecule has 0 saturated carbocycles. The molecule has 9 heteroatoms. The summed E-state index contributed by atoms with van der Waals surface area (Å²) < 4.78 is 16.0. The van der Waals surface area contributed by atoms with Gasteiger partial charge in [-0.1, -0.05) is 48.0 Å². The summed E-state index contributed by atoms with van der Waals surface area (Å²) in [6.07, 6.45) is 7.65. The van der Waals surface area contributed by atoms with E-state index >= 15 is 0 Å². The minimum atomic E-state index is -0.605. The van der Waals surface area contributed by atoms with Gasteiger partial charge in [0.05, 0.1) is 23.0 Å². The van der Waals surface area contributed by atoms with Crippen molar-refractivity contribution in [3.63, 3.8) is 0 Å². The van der Waals surface area contributed by atoms with Crippen LogP contribution >= 0.6 is 11.6 Å². The normalized spacial score (nSPS) is 18.1. The van der Waals surface area contributed by atoms with E-state index in [2.05, 4.69) is 15.2 Å². The van der Waals surface area contributed by atoms with Crippen LogP contribution in [-0.4, -0.2) is 57.3 Å². The van der Waals surface area contributed by atoms with E-state index in [0.29, 0.717) is 6.54 Å². The lowest BCUT2D eigenvalue weighted by atomic mass is 10.0. The monoisotopic (exact) mass is 507 g/mol. The number of amides is 2. The van der Waals surface area contributed by atoms with Gasteiger partial charge in [0.2, 0.25) is 5.91 Å². The molecule has 5 rings (SSSR count). The number of halogens is 2. The summed E-state index contributed by atoms with van der Waals surface area (Å²) >= 11 is 6.09. The molecule has 2 amide bonds. The number of fused-ring (bicyclic) bond motifs is 1. The number of carbonyl (C=O) groups is 2. The molecule has 0 spiro atoms. The van der Waals surface area contributed by atoms with Crippen molar-refractivity contribution < 1.29 is 14.0 Å². The third-order valence-electron chi connectivity index (χ3n) is 6.74. The Hall–Kier alpha value is -3.49. The number of hydrogen-bond acceptors (Lipinski definition) is 4. The first-order chi connectivity index (χ1) is 17.5. The highest BCUT2D eigenvalue weighted by Gasteiger charge is 2.36. The highest BCUT2D eigenvalue weighted by molar-refractivity contribution is 6.33. The van der Waals surface area contributed by atoms with Crippen LogP contribution in [0.1, 0.15) is 28.4 Å². The van der Waals surface area contributed by atoms with Gasteiger partial charge < -0.3 is 14.8 Å². The summed E-state index contributed by atoms with van der Waals surface area (Å²) in [7, 11) is 0. The van der Waals surface area contributed by atoms with Gasteiger partial charge in [0.25, 0.3) is 5.91 Å². The number of imidazole rings is 1. The molecule has 1 N–H and O–H groups in total. The smallest absolute Gasteiger partial charge is 0.262 e. The van der Waals surface area contributed by atoms with Gasteiger partial charge in [0, 0.05) is 50.7 Å². The minimum absolute atomic E-state index is 0.0659. The van der Waals surface area contributed by atoms with Crippen LogP contribution < -0.4 is 5.32 Å². The Labute approximate surface area is 214 Å². The summed E-state index contributed by atoms with van der Waals surface area (Å²) in [6, 6.07) is 14.1. The molecule has 7 nitrogen and oxygen atoms in total. The van der Waals surface area contributed by atoms with Crippen LogP contribution in [0.3, 0.4) is 0 Å². The van der Waals surface area contributed by atoms with Crippen LogP contribution in [0.4, 0.5) is 4.39 Å². The first-order valence-electron chi connectivity index (χ1n) is 12.0. The summed E-state index contributed by atoms with van der Waals surface area (Å²) in [6.45, 7) is 3.08. The zero-order chi connectivity index (χ0) is 25.1. The number of nitrogens with one attached hydrogen (secondary N) is 1. The number of likely N-dealkylation sites (tertiary alicyclic amines) is 1. The van der Waals surface area contributed by atoms with Crippen LogP contribution in [0, 0.1) is 11.7 Å². The fraction of sp³-hybridized carbons (Fsp3) is 0.296. The molecule has 1 aromatic heterocycles. The van der Waals surface area contributed by atoms with E-state index in [4.69, 9.17) is 11.6 Å². The fourth-order valence-corrected chi connectivity index (χ4v) is 5.20. The van der Waals surface area contributed by atoms with Crippen LogP contribution in [0.2, 0.25) is 5.02 Å². The Morgan fingerprint density at radius 3 is 2.69 bits per heavy atom. The molecule has 0 radical (unpaired) electrons. The van der Waals surface area contributed by atoms with E-state index in [1.807, 2.05) is 36.5 Å². The largest absolute Gasteiger partial charge is 0.348 e. The zero-order valence-electron chi connectivity index (χ0n) is 19.7. The van der Waals surface area contributed by atoms with Crippen molar-refractivity contribution in [1.29, 1.82) is 0 Å². The molecule has 3 heterocycles. The molecule has 36 heavy (non-hydrogen) atoms. The van der Waals surface area contributed by atoms with Crippen molar-refractivity contribution in [3.05, 3.63) is 101 Å². The first-order valence-corrected chi connectivity index (χ1v) is 12.3. The number of benzene rings is 2. The van der Waals surface area contributed by atoms with Crippen molar-refractivity contribution in [2.75, 3.05) is 26.2 Å². The molecule has 3 aromatic rings. The summed E-state index contributed by atoms with van der Waals surface area (Å²) in [4.78, 5) is 33.5. The quantitative estimate of drug-likeness (QED) is 0.502. The number of aromatic nitrogens is 2. The fourth-order valence-electron chi connectivity index (χ4n) is 4.96. The molecule has 1 saturated heterocycles. The zero-order valence-corrected chi connectivity index (χ0v) is 20.4. The number of carbonyl (C=O) groups excluding carboxylic acids is 2. The molecule has 2 aromatic carbocycles. The Kier molecular flexibility index (Phi) is 7.16. The second-order valence-electron chi connectivity index (χ2n) is 9.24. The molecular formula is C27H27ClFN5O2. The van der Waals surface area contributed by atoms with Gasteiger partial charge >= 0.3 is 0 Å². The molecule has 186 valence electrons. The molecule has 2 aliphatic heterocycles. The van der Waals surface area contributed by atoms with Gasteiger partial charge in [-0.15, -0.1) is 0 Å². The molecule has 0 aliphatic carbocycles. The second-order valence-corrected chi connectivity index (χ2v) is 9.65. The summed E-state index contributed by atoms with van der Waals surface area (Å²) in [5.74, 6) is -0.864. The molecule has 2 aliphatic rings. The lowest BCUT2D eigenvalue weighted by Gasteiger charge is -2.24. The number of hydrogen-bond donors (Lipinski definition) is 1. The van der Waals surface area contributed by atoms with Gasteiger partial charge in [0.15, 0.2) is 0 Å². The van der Waals surface area contributed by atoms with E-state index in [-0.39, 0.29) is 35.0 Å².